The number of nitro benzene ring substituents is 1. The van der Waals surface area contributed by atoms with Gasteiger partial charge in [-0.25, -0.2) is 0 Å². The van der Waals surface area contributed by atoms with Crippen molar-refractivity contribution in [2.24, 2.45) is 0 Å². The van der Waals surface area contributed by atoms with Gasteiger partial charge >= 0.3 is 0 Å². The number of ether oxygens (including phenoxy) is 1. The van der Waals surface area contributed by atoms with Crippen LogP contribution in [0.4, 0.5) is 5.69 Å². The van der Waals surface area contributed by atoms with E-state index in [4.69, 9.17) is 9.26 Å². The molecule has 0 aliphatic rings. The standard InChI is InChI=1S/C11H11N3O5/c1-7-12-11(19-13-7)6-18-10-3-2-9(14(16)17)4-8(10)5-15/h2-4,15H,5-6H2,1H3. The maximum atomic E-state index is 10.6. The fraction of sp³-hybridized carbons (Fsp3) is 0.273. The fourth-order valence-electron chi connectivity index (χ4n) is 1.48. The summed E-state index contributed by atoms with van der Waals surface area (Å²) < 4.78 is 10.2. The van der Waals surface area contributed by atoms with Gasteiger partial charge < -0.3 is 14.4 Å². The van der Waals surface area contributed by atoms with Crippen molar-refractivity contribution in [1.82, 2.24) is 10.1 Å². The van der Waals surface area contributed by atoms with Crippen LogP contribution in [0, 0.1) is 17.0 Å². The molecule has 0 aliphatic carbocycles. The van der Waals surface area contributed by atoms with Gasteiger partial charge in [0.05, 0.1) is 11.5 Å². The largest absolute Gasteiger partial charge is 0.483 e. The first-order valence-corrected chi connectivity index (χ1v) is 5.40. The molecule has 0 unspecified atom stereocenters. The predicted octanol–water partition coefficient (Wildman–Crippen LogP) is 1.36. The number of hydrogen-bond acceptors (Lipinski definition) is 7. The highest BCUT2D eigenvalue weighted by atomic mass is 16.6. The zero-order chi connectivity index (χ0) is 13.8. The molecule has 1 N–H and O–H groups in total. The van der Waals surface area contributed by atoms with E-state index in [0.717, 1.165) is 0 Å². The summed E-state index contributed by atoms with van der Waals surface area (Å²) in [6, 6.07) is 3.98. The lowest BCUT2D eigenvalue weighted by atomic mass is 10.2. The lowest BCUT2D eigenvalue weighted by Gasteiger charge is -2.07. The van der Waals surface area contributed by atoms with E-state index in [1.807, 2.05) is 0 Å². The number of aromatic nitrogens is 2. The minimum atomic E-state index is -0.537. The molecule has 0 bridgehead atoms. The monoisotopic (exact) mass is 265 g/mol. The Morgan fingerprint density at radius 2 is 2.32 bits per heavy atom. The van der Waals surface area contributed by atoms with Crippen molar-refractivity contribution in [2.45, 2.75) is 20.1 Å². The van der Waals surface area contributed by atoms with Crippen LogP contribution in [0.5, 0.6) is 5.75 Å². The maximum absolute atomic E-state index is 10.6. The van der Waals surface area contributed by atoms with E-state index in [0.29, 0.717) is 23.0 Å². The summed E-state index contributed by atoms with van der Waals surface area (Å²) in [6.45, 7) is 1.35. The van der Waals surface area contributed by atoms with Crippen LogP contribution in [0.2, 0.25) is 0 Å². The average Bonchev–Trinajstić information content (AvgIpc) is 2.81. The Morgan fingerprint density at radius 3 is 2.89 bits per heavy atom. The van der Waals surface area contributed by atoms with E-state index in [9.17, 15) is 15.2 Å². The number of aryl methyl sites for hydroxylation is 1. The molecular formula is C11H11N3O5. The molecule has 8 heteroatoms. The molecule has 100 valence electrons. The smallest absolute Gasteiger partial charge is 0.270 e. The van der Waals surface area contributed by atoms with Crippen LogP contribution in [0.1, 0.15) is 17.3 Å². The second-order valence-corrected chi connectivity index (χ2v) is 3.73. The lowest BCUT2D eigenvalue weighted by molar-refractivity contribution is -0.385. The van der Waals surface area contributed by atoms with Crippen LogP contribution < -0.4 is 4.74 Å². The van der Waals surface area contributed by atoms with Crippen molar-refractivity contribution < 1.29 is 19.3 Å². The number of nitrogens with zero attached hydrogens (tertiary/aromatic N) is 3. The molecule has 2 aromatic rings. The Hall–Kier alpha value is -2.48. The minimum absolute atomic E-state index is 0.0334. The van der Waals surface area contributed by atoms with Gasteiger partial charge in [-0.15, -0.1) is 0 Å². The van der Waals surface area contributed by atoms with Crippen LogP contribution >= 0.6 is 0 Å². The van der Waals surface area contributed by atoms with Crippen molar-refractivity contribution in [3.8, 4) is 5.75 Å². The minimum Gasteiger partial charge on any atom is -0.483 e. The molecule has 0 atom stereocenters. The highest BCUT2D eigenvalue weighted by Gasteiger charge is 2.12. The molecule has 0 spiro atoms. The van der Waals surface area contributed by atoms with Gasteiger partial charge in [-0.05, 0) is 13.0 Å². The first-order chi connectivity index (χ1) is 9.10. The Bertz CT molecular complexity index is 596. The van der Waals surface area contributed by atoms with E-state index in [-0.39, 0.29) is 18.9 Å². The number of aliphatic hydroxyl groups is 1. The SMILES string of the molecule is Cc1noc(COc2ccc([N+](=O)[O-])cc2CO)n1. The molecule has 0 radical (unpaired) electrons. The Balaban J connectivity index is 2.13. The number of nitro groups is 1. The summed E-state index contributed by atoms with van der Waals surface area (Å²) in [5, 5.41) is 23.4. The molecule has 1 heterocycles. The van der Waals surface area contributed by atoms with Crippen LogP contribution in [0.3, 0.4) is 0 Å². The molecular weight excluding hydrogens is 254 g/mol. The van der Waals surface area contributed by atoms with E-state index < -0.39 is 4.92 Å². The average molecular weight is 265 g/mol. The molecule has 1 aromatic carbocycles. The number of aliphatic hydroxyl groups excluding tert-OH is 1. The second kappa shape index (κ2) is 5.44. The van der Waals surface area contributed by atoms with Gasteiger partial charge in [0.2, 0.25) is 0 Å². The number of hydrogen-bond donors (Lipinski definition) is 1. The summed E-state index contributed by atoms with van der Waals surface area (Å²) in [7, 11) is 0. The van der Waals surface area contributed by atoms with Crippen molar-refractivity contribution in [1.29, 1.82) is 0 Å². The molecule has 1 aromatic heterocycles. The quantitative estimate of drug-likeness (QED) is 0.641. The second-order valence-electron chi connectivity index (χ2n) is 3.73. The third-order valence-corrected chi connectivity index (χ3v) is 2.35. The molecule has 0 saturated carbocycles. The highest BCUT2D eigenvalue weighted by Crippen LogP contribution is 2.24. The molecule has 19 heavy (non-hydrogen) atoms. The van der Waals surface area contributed by atoms with Gasteiger partial charge in [0.25, 0.3) is 11.6 Å². The summed E-state index contributed by atoms with van der Waals surface area (Å²) in [5.74, 6) is 1.12. The van der Waals surface area contributed by atoms with Gasteiger partial charge in [0.15, 0.2) is 12.4 Å². The number of non-ortho nitro benzene ring substituents is 1. The Labute approximate surface area is 107 Å². The van der Waals surface area contributed by atoms with E-state index in [2.05, 4.69) is 10.1 Å². The maximum Gasteiger partial charge on any atom is 0.270 e. The zero-order valence-corrected chi connectivity index (χ0v) is 10.1. The topological polar surface area (TPSA) is 112 Å². The van der Waals surface area contributed by atoms with Crippen molar-refractivity contribution >= 4 is 5.69 Å². The molecule has 0 saturated heterocycles. The molecule has 2 rings (SSSR count). The first kappa shape index (κ1) is 13.0. The van der Waals surface area contributed by atoms with Gasteiger partial charge in [0, 0.05) is 17.7 Å². The zero-order valence-electron chi connectivity index (χ0n) is 10.1. The molecule has 8 nitrogen and oxygen atoms in total. The number of benzene rings is 1. The summed E-state index contributed by atoms with van der Waals surface area (Å²) in [6.07, 6.45) is 0. The predicted molar refractivity (Wildman–Crippen MR) is 62.4 cm³/mol. The summed E-state index contributed by atoms with van der Waals surface area (Å²) >= 11 is 0. The third-order valence-electron chi connectivity index (χ3n) is 2.35. The van der Waals surface area contributed by atoms with Gasteiger partial charge in [-0.3, -0.25) is 10.1 Å². The normalized spacial score (nSPS) is 10.4. The molecule has 0 fully saturated rings. The Kier molecular flexibility index (Phi) is 3.71. The third kappa shape index (κ3) is 3.05. The van der Waals surface area contributed by atoms with Crippen molar-refractivity contribution in [3.05, 3.63) is 45.6 Å². The van der Waals surface area contributed by atoms with Gasteiger partial charge in [-0.1, -0.05) is 5.16 Å². The first-order valence-electron chi connectivity index (χ1n) is 5.40. The van der Waals surface area contributed by atoms with Crippen LogP contribution in [0.25, 0.3) is 0 Å². The lowest BCUT2D eigenvalue weighted by Crippen LogP contribution is -2.00. The van der Waals surface area contributed by atoms with Crippen molar-refractivity contribution in [2.75, 3.05) is 0 Å². The molecule has 0 amide bonds. The van der Waals surface area contributed by atoms with Gasteiger partial charge in [0.1, 0.15) is 5.75 Å². The summed E-state index contributed by atoms with van der Waals surface area (Å²) in [5.41, 5.74) is 0.218. The van der Waals surface area contributed by atoms with Gasteiger partial charge in [-0.2, -0.15) is 4.98 Å². The summed E-state index contributed by atoms with van der Waals surface area (Å²) in [4.78, 5) is 14.0. The highest BCUT2D eigenvalue weighted by molar-refractivity contribution is 5.43. The van der Waals surface area contributed by atoms with Crippen LogP contribution in [-0.4, -0.2) is 20.2 Å². The van der Waals surface area contributed by atoms with Crippen LogP contribution in [0.15, 0.2) is 22.7 Å². The Morgan fingerprint density at radius 1 is 1.53 bits per heavy atom. The number of rotatable bonds is 5. The van der Waals surface area contributed by atoms with E-state index >= 15 is 0 Å². The molecule has 0 aliphatic heterocycles. The van der Waals surface area contributed by atoms with E-state index in [1.165, 1.54) is 18.2 Å². The fourth-order valence-corrected chi connectivity index (χ4v) is 1.48. The van der Waals surface area contributed by atoms with E-state index in [1.54, 1.807) is 6.92 Å². The van der Waals surface area contributed by atoms with Crippen molar-refractivity contribution in [3.63, 3.8) is 0 Å². The van der Waals surface area contributed by atoms with Crippen LogP contribution in [-0.2, 0) is 13.2 Å².